The zero-order chi connectivity index (χ0) is 51.6. The van der Waals surface area contributed by atoms with E-state index in [9.17, 15) is 34.2 Å². The molecule has 0 aromatic carbocycles. The van der Waals surface area contributed by atoms with Crippen LogP contribution in [0.1, 0.15) is 88.1 Å². The molecule has 2 saturated heterocycles. The number of hydrogen-bond donors (Lipinski definition) is 6. The normalized spacial score (nSPS) is 24.8. The van der Waals surface area contributed by atoms with Crippen LogP contribution >= 0.6 is 16.1 Å². The van der Waals surface area contributed by atoms with Crippen LogP contribution < -0.4 is 16.4 Å². The van der Waals surface area contributed by atoms with Crippen LogP contribution in [0.25, 0.3) is 22.2 Å². The molecule has 2 fully saturated rings. The zero-order valence-electron chi connectivity index (χ0n) is 40.4. The summed E-state index contributed by atoms with van der Waals surface area (Å²) in [4.78, 5) is 65.5. The van der Waals surface area contributed by atoms with E-state index < -0.39 is 136 Å². The summed E-state index contributed by atoms with van der Waals surface area (Å²) in [6.45, 7) is 16.7. The number of alkyl halides is 1. The molecule has 70 heavy (non-hydrogen) atoms. The molecule has 2 aliphatic heterocycles. The van der Waals surface area contributed by atoms with Crippen molar-refractivity contribution in [1.29, 1.82) is 5.26 Å². The maximum Gasteiger partial charge on any atom is 0.475 e. The van der Waals surface area contributed by atoms with E-state index in [1.807, 2.05) is 75.3 Å². The fourth-order valence-corrected chi connectivity index (χ4v) is 20.4. The van der Waals surface area contributed by atoms with Gasteiger partial charge in [-0.15, -0.1) is 0 Å². The lowest BCUT2D eigenvalue weighted by molar-refractivity contribution is -0.0615. The van der Waals surface area contributed by atoms with Gasteiger partial charge in [0, 0.05) is 12.7 Å². The predicted molar refractivity (Wildman–Crippen MR) is 252 cm³/mol. The number of hydrogen-bond acceptors (Lipinski definition) is 19. The molecule has 6 rings (SSSR count). The summed E-state index contributed by atoms with van der Waals surface area (Å²) >= 11 is 0. The molecule has 10 atom stereocenters. The lowest BCUT2D eigenvalue weighted by atomic mass is 10.1. The Morgan fingerprint density at radius 1 is 0.957 bits per heavy atom. The Morgan fingerprint density at radius 3 is 2.23 bits per heavy atom. The van der Waals surface area contributed by atoms with Gasteiger partial charge in [0.25, 0.3) is 11.1 Å². The number of aromatic amines is 2. The van der Waals surface area contributed by atoms with Gasteiger partial charge in [0.2, 0.25) is 5.95 Å². The molecule has 0 spiro atoms. The quantitative estimate of drug-likeness (QED) is 0.0294. The molecule has 6 heterocycles. The predicted octanol–water partition coefficient (Wildman–Crippen LogP) is 5.32. The van der Waals surface area contributed by atoms with Crippen LogP contribution in [0.3, 0.4) is 0 Å². The highest BCUT2D eigenvalue weighted by Gasteiger charge is 2.60. The number of aliphatic hydroxyl groups excluding tert-OH is 1. The Morgan fingerprint density at radius 2 is 1.63 bits per heavy atom. The number of H-pyrrole nitrogens is 2. The number of aromatic nitrogens is 7. The summed E-state index contributed by atoms with van der Waals surface area (Å²) in [6, 6.07) is 1.85. The number of ether oxygens (including phenoxy) is 2. The molecule has 6 N–H and O–H groups in total. The summed E-state index contributed by atoms with van der Waals surface area (Å²) in [5, 5.41) is 22.9. The molecule has 24 nitrogen and oxygen atoms in total. The van der Waals surface area contributed by atoms with Crippen LogP contribution in [0, 0.1) is 23.1 Å². The van der Waals surface area contributed by atoms with Crippen LogP contribution in [0.2, 0.25) is 22.2 Å². The molecule has 2 aliphatic rings. The third-order valence-electron chi connectivity index (χ3n) is 12.2. The Balaban J connectivity index is 1.43. The maximum absolute atomic E-state index is 16.6. The Hall–Kier alpha value is -3.63. The van der Waals surface area contributed by atoms with Gasteiger partial charge >= 0.3 is 33.2 Å². The van der Waals surface area contributed by atoms with Crippen LogP contribution in [0.15, 0.2) is 28.4 Å². The number of nitrogens with zero attached hydrogens (tertiary/aromatic N) is 6. The summed E-state index contributed by atoms with van der Waals surface area (Å²) in [5.74, 6) is -0.832. The van der Waals surface area contributed by atoms with Gasteiger partial charge in [-0.25, -0.2) is 23.3 Å². The first-order chi connectivity index (χ1) is 32.9. The number of phosphoric ester groups is 1. The van der Waals surface area contributed by atoms with Gasteiger partial charge in [0.15, 0.2) is 41.3 Å². The van der Waals surface area contributed by atoms with Gasteiger partial charge in [0.1, 0.15) is 35.9 Å². The number of nitriles is 1. The van der Waals surface area contributed by atoms with E-state index >= 15 is 13.3 Å². The minimum Gasteiger partial charge on any atom is -0.414 e. The third-order valence-corrected chi connectivity index (χ3v) is 23.9. The zero-order valence-corrected chi connectivity index (χ0v) is 44.3. The molecule has 0 saturated carbocycles. The molecular formula is C40H63F2N9O15P2Si2. The van der Waals surface area contributed by atoms with Crippen molar-refractivity contribution in [2.45, 2.75) is 147 Å². The second kappa shape index (κ2) is 22.6. The summed E-state index contributed by atoms with van der Waals surface area (Å²) in [7, 11) is -16.6. The monoisotopic (exact) mass is 1070 g/mol. The first kappa shape index (κ1) is 55.7. The van der Waals surface area contributed by atoms with E-state index in [0.717, 1.165) is 28.0 Å². The lowest BCUT2D eigenvalue weighted by Crippen LogP contribution is -2.62. The van der Waals surface area contributed by atoms with Gasteiger partial charge in [-0.05, 0) is 28.1 Å². The van der Waals surface area contributed by atoms with Gasteiger partial charge in [-0.2, -0.15) is 10.2 Å². The van der Waals surface area contributed by atoms with E-state index in [4.69, 9.17) is 36.1 Å². The highest BCUT2D eigenvalue weighted by atomic mass is 31.2. The number of fused-ring (bicyclic) bond motifs is 2. The molecule has 390 valence electrons. The smallest absolute Gasteiger partial charge is 0.414 e. The number of anilines is 1. The van der Waals surface area contributed by atoms with Crippen LogP contribution in [0.5, 0.6) is 0 Å². The molecule has 0 amide bonds. The number of imidazole rings is 1. The molecule has 0 radical (unpaired) electrons. The second-order valence-corrected chi connectivity index (χ2v) is 29.8. The second-order valence-electron chi connectivity index (χ2n) is 18.8. The fourth-order valence-electron chi connectivity index (χ4n) is 8.57. The Labute approximate surface area is 404 Å². The van der Waals surface area contributed by atoms with Crippen molar-refractivity contribution in [3.05, 3.63) is 45.4 Å². The van der Waals surface area contributed by atoms with E-state index in [2.05, 4.69) is 30.2 Å². The van der Waals surface area contributed by atoms with Gasteiger partial charge in [0.05, 0.1) is 45.0 Å². The van der Waals surface area contributed by atoms with Crippen molar-refractivity contribution in [2.24, 2.45) is 5.92 Å². The average molecular weight is 1070 g/mol. The number of aliphatic hydroxyl groups is 1. The lowest BCUT2D eigenvalue weighted by Gasteiger charge is -2.47. The SMILES string of the molecule is CC(C)CNc1nc2c(ncn2[C@@H]2O[C@H](COP(=O)(OCCC#N)O[C@@H]3[C@H](O[Si](O[Si](O)(C(C)C)C(C)C)(C(C)C)C(C)C)[C@@H](CO)O[C@H]3n3cc(F)c4c(=O)[nH]cnc43)[C@@H](O[PH](=O)O)[C@H]2F)c(=O)[nH]1. The third kappa shape index (κ3) is 11.4. The van der Waals surface area contributed by atoms with Crippen LogP contribution in [-0.2, 0) is 45.2 Å². The highest BCUT2D eigenvalue weighted by Crippen LogP contribution is 2.56. The molecule has 4 aromatic heterocycles. The molecule has 0 aliphatic carbocycles. The van der Waals surface area contributed by atoms with Crippen molar-refractivity contribution in [1.82, 2.24) is 34.1 Å². The topological polar surface area (TPSA) is 319 Å². The van der Waals surface area contributed by atoms with E-state index in [1.54, 1.807) is 0 Å². The average Bonchev–Trinajstić information content (AvgIpc) is 4.03. The first-order valence-corrected chi connectivity index (χ1v) is 29.6. The minimum atomic E-state index is -5.19. The Kier molecular flexibility index (Phi) is 18.0. The number of rotatable bonds is 24. The largest absolute Gasteiger partial charge is 0.475 e. The number of nitrogens with one attached hydrogen (secondary N) is 3. The molecule has 2 unspecified atom stereocenters. The maximum atomic E-state index is 16.6. The standard InChI is InChI=1S/C40H63F2N9O15P2Si2/c1-20(2)14-44-40-48-35-30(37(54)49-40)47-19-51(35)38-29(42)31(63-67(55)56)27(62-38)17-60-68(57,59-13-11-12-43)64-33-32(65-70(23(7)8,24(9)10)66-69(58,21(3)4)22(5)6)26(16-52)61-39(33)50-15-25(41)28-34(50)45-18-46-36(28)53/h15,18-24,26-27,29,31-33,38-39,52,58,67H,11,13-14,16-17H2,1-10H3,(H,55,56)(H,45,46,53)(H2,44,48,49,54)/t26-,27-,29-,31-,32-,33-,38-,39-,68?/m1/s1. The van der Waals surface area contributed by atoms with E-state index in [1.165, 1.54) is 0 Å². The van der Waals surface area contributed by atoms with Crippen LogP contribution in [0.4, 0.5) is 14.7 Å². The molecular weight excluding hydrogens is 1000 g/mol. The van der Waals surface area contributed by atoms with Crippen molar-refractivity contribution in [3.63, 3.8) is 0 Å². The van der Waals surface area contributed by atoms with Gasteiger partial charge < -0.3 is 52.2 Å². The number of halogens is 2. The number of phosphoric acid groups is 1. The molecule has 30 heteroatoms. The summed E-state index contributed by atoms with van der Waals surface area (Å²) in [5.41, 5.74) is -3.55. The Bertz CT molecular complexity index is 2670. The van der Waals surface area contributed by atoms with Gasteiger partial charge in [-0.1, -0.05) is 69.2 Å². The fraction of sp³-hybridized carbons (Fsp3) is 0.700. The van der Waals surface area contributed by atoms with E-state index in [-0.39, 0.29) is 46.2 Å². The highest BCUT2D eigenvalue weighted by molar-refractivity contribution is 7.48. The summed E-state index contributed by atoms with van der Waals surface area (Å²) < 4.78 is 111. The van der Waals surface area contributed by atoms with Gasteiger partial charge in [-0.3, -0.25) is 37.3 Å². The van der Waals surface area contributed by atoms with Crippen molar-refractivity contribution >= 4 is 61.3 Å². The van der Waals surface area contributed by atoms with Crippen LogP contribution in [-0.4, -0.2) is 129 Å². The molecule has 0 bridgehead atoms. The van der Waals surface area contributed by atoms with Crippen molar-refractivity contribution in [3.8, 4) is 6.07 Å². The summed E-state index contributed by atoms with van der Waals surface area (Å²) in [6.07, 6.45) is -11.2. The first-order valence-electron chi connectivity index (χ1n) is 22.9. The van der Waals surface area contributed by atoms with Crippen molar-refractivity contribution in [2.75, 3.05) is 31.7 Å². The van der Waals surface area contributed by atoms with Crippen molar-refractivity contribution < 1.29 is 68.8 Å². The van der Waals surface area contributed by atoms with E-state index in [0.29, 0.717) is 6.54 Å². The molecule has 4 aromatic rings. The minimum absolute atomic E-state index is 0.0473.